The van der Waals surface area contributed by atoms with Crippen LogP contribution in [0.1, 0.15) is 0 Å². The first-order valence-corrected chi connectivity index (χ1v) is 4.07. The molecule has 4 nitrogen and oxygen atoms in total. The van der Waals surface area contributed by atoms with Crippen molar-refractivity contribution < 1.29 is 9.47 Å². The van der Waals surface area contributed by atoms with E-state index in [1.807, 2.05) is 0 Å². The summed E-state index contributed by atoms with van der Waals surface area (Å²) in [6, 6.07) is 0. The Morgan fingerprint density at radius 2 is 1.29 bits per heavy atom. The van der Waals surface area contributed by atoms with Crippen LogP contribution in [0.15, 0.2) is 58.6 Å². The van der Waals surface area contributed by atoms with Crippen molar-refractivity contribution in [1.82, 2.24) is 0 Å². The molecule has 0 aromatic rings. The minimum atomic E-state index is 0.620. The van der Waals surface area contributed by atoms with Gasteiger partial charge < -0.3 is 9.47 Å². The van der Waals surface area contributed by atoms with Gasteiger partial charge in [-0.05, 0) is 12.2 Å². The Bertz CT molecular complexity index is 349. The van der Waals surface area contributed by atoms with Gasteiger partial charge in [0.2, 0.25) is 0 Å². The van der Waals surface area contributed by atoms with Gasteiger partial charge in [0, 0.05) is 12.4 Å². The maximum absolute atomic E-state index is 5.04. The molecule has 0 aromatic carbocycles. The van der Waals surface area contributed by atoms with Gasteiger partial charge in [-0.2, -0.15) is 0 Å². The first-order chi connectivity index (χ1) is 6.97. The van der Waals surface area contributed by atoms with Crippen molar-refractivity contribution in [3.8, 4) is 0 Å². The van der Waals surface area contributed by atoms with E-state index in [4.69, 9.17) is 9.47 Å². The number of allylic oxidation sites excluding steroid dienone is 2. The second-order valence-corrected chi connectivity index (χ2v) is 2.49. The molecule has 2 rings (SSSR count). The van der Waals surface area contributed by atoms with Crippen LogP contribution in [-0.2, 0) is 9.47 Å². The lowest BCUT2D eigenvalue weighted by molar-refractivity contribution is 0.392. The normalized spacial score (nSPS) is 18.9. The molecule has 0 aromatic heterocycles. The Hall–Kier alpha value is -2.10. The molecule has 0 atom stereocenters. The molecule has 0 unspecified atom stereocenters. The van der Waals surface area contributed by atoms with E-state index in [1.165, 1.54) is 25.0 Å². The standard InChI is InChI=1S/C10H8N2O2/c1-3-11-9(7-13-5-1)10-8-14-6-2-4-12-10/h1-8H. The lowest BCUT2D eigenvalue weighted by atomic mass is 10.4. The Balaban J connectivity index is 2.22. The summed E-state index contributed by atoms with van der Waals surface area (Å²) in [5, 5.41) is 0. The van der Waals surface area contributed by atoms with Gasteiger partial charge in [-0.25, -0.2) is 0 Å². The highest BCUT2D eigenvalue weighted by Gasteiger charge is 2.04. The number of nitrogens with zero attached hydrogens (tertiary/aromatic N) is 2. The highest BCUT2D eigenvalue weighted by Crippen LogP contribution is 2.15. The molecular weight excluding hydrogens is 180 g/mol. The molecule has 4 heteroatoms. The van der Waals surface area contributed by atoms with Gasteiger partial charge in [-0.1, -0.05) is 0 Å². The summed E-state index contributed by atoms with van der Waals surface area (Å²) in [6.07, 6.45) is 12.8. The quantitative estimate of drug-likeness (QED) is 0.630. The van der Waals surface area contributed by atoms with Crippen LogP contribution in [0, 0.1) is 0 Å². The van der Waals surface area contributed by atoms with Crippen molar-refractivity contribution in [2.75, 3.05) is 0 Å². The van der Waals surface area contributed by atoms with E-state index in [1.54, 1.807) is 24.6 Å². The SMILES string of the molecule is C1=COC=C(C2=COC=CC=N2)N=C1. The minimum absolute atomic E-state index is 0.620. The van der Waals surface area contributed by atoms with E-state index >= 15 is 0 Å². The van der Waals surface area contributed by atoms with E-state index in [-0.39, 0.29) is 0 Å². The zero-order valence-electron chi connectivity index (χ0n) is 7.33. The van der Waals surface area contributed by atoms with Crippen molar-refractivity contribution in [2.24, 2.45) is 9.98 Å². The Morgan fingerprint density at radius 1 is 0.786 bits per heavy atom. The average Bonchev–Trinajstić information content (AvgIpc) is 2.62. The first-order valence-electron chi connectivity index (χ1n) is 4.07. The van der Waals surface area contributed by atoms with Gasteiger partial charge in [0.25, 0.3) is 0 Å². The average molecular weight is 188 g/mol. The summed E-state index contributed by atoms with van der Waals surface area (Å²) in [6.45, 7) is 0. The summed E-state index contributed by atoms with van der Waals surface area (Å²) < 4.78 is 10.1. The summed E-state index contributed by atoms with van der Waals surface area (Å²) in [5.41, 5.74) is 1.24. The minimum Gasteiger partial charge on any atom is -0.470 e. The van der Waals surface area contributed by atoms with Crippen LogP contribution in [0.3, 0.4) is 0 Å². The summed E-state index contributed by atoms with van der Waals surface area (Å²) >= 11 is 0. The van der Waals surface area contributed by atoms with Gasteiger partial charge in [-0.15, -0.1) is 0 Å². The third-order valence-corrected chi connectivity index (χ3v) is 1.54. The molecular formula is C10H8N2O2. The predicted octanol–water partition coefficient (Wildman–Crippen LogP) is 1.90. The first kappa shape index (κ1) is 8.50. The van der Waals surface area contributed by atoms with E-state index < -0.39 is 0 Å². The van der Waals surface area contributed by atoms with Crippen LogP contribution < -0.4 is 0 Å². The molecule has 0 N–H and O–H groups in total. The molecule has 70 valence electrons. The van der Waals surface area contributed by atoms with Crippen LogP contribution in [0.4, 0.5) is 0 Å². The zero-order chi connectivity index (χ0) is 9.64. The smallest absolute Gasteiger partial charge is 0.127 e. The van der Waals surface area contributed by atoms with E-state index in [9.17, 15) is 0 Å². The molecule has 2 heterocycles. The van der Waals surface area contributed by atoms with Gasteiger partial charge in [0.05, 0.1) is 12.5 Å². The predicted molar refractivity (Wildman–Crippen MR) is 53.6 cm³/mol. The lowest BCUT2D eigenvalue weighted by Gasteiger charge is -1.99. The zero-order valence-corrected chi connectivity index (χ0v) is 7.33. The maximum Gasteiger partial charge on any atom is 0.127 e. The van der Waals surface area contributed by atoms with Crippen molar-refractivity contribution in [1.29, 1.82) is 0 Å². The molecule has 0 saturated carbocycles. The third kappa shape index (κ3) is 1.98. The summed E-state index contributed by atoms with van der Waals surface area (Å²) in [4.78, 5) is 8.25. The van der Waals surface area contributed by atoms with Crippen molar-refractivity contribution >= 4 is 12.4 Å². The topological polar surface area (TPSA) is 43.2 Å². The fraction of sp³-hybridized carbons (Fsp3) is 0. The summed E-state index contributed by atoms with van der Waals surface area (Å²) in [5.74, 6) is 0. The van der Waals surface area contributed by atoms with Crippen molar-refractivity contribution in [2.45, 2.75) is 0 Å². The molecule has 0 amide bonds. The van der Waals surface area contributed by atoms with Gasteiger partial charge in [-0.3, -0.25) is 9.98 Å². The van der Waals surface area contributed by atoms with Crippen LogP contribution in [0.25, 0.3) is 0 Å². The van der Waals surface area contributed by atoms with Crippen LogP contribution in [-0.4, -0.2) is 12.4 Å². The Morgan fingerprint density at radius 3 is 1.79 bits per heavy atom. The number of aliphatic imine (C=N–C) groups is 2. The molecule has 0 radical (unpaired) electrons. The molecule has 0 saturated heterocycles. The second kappa shape index (κ2) is 4.23. The monoisotopic (exact) mass is 188 g/mol. The number of rotatable bonds is 1. The van der Waals surface area contributed by atoms with E-state index in [2.05, 4.69) is 9.98 Å². The molecule has 0 spiro atoms. The molecule has 2 aliphatic heterocycles. The Kier molecular flexibility index (Phi) is 2.56. The van der Waals surface area contributed by atoms with Gasteiger partial charge in [0.1, 0.15) is 23.9 Å². The van der Waals surface area contributed by atoms with Gasteiger partial charge >= 0.3 is 0 Å². The van der Waals surface area contributed by atoms with E-state index in [0.717, 1.165) is 0 Å². The lowest BCUT2D eigenvalue weighted by Crippen LogP contribution is -1.85. The maximum atomic E-state index is 5.04. The highest BCUT2D eigenvalue weighted by molar-refractivity contribution is 5.75. The highest BCUT2D eigenvalue weighted by atomic mass is 16.5. The molecule has 0 bridgehead atoms. The number of ether oxygens (including phenoxy) is 2. The number of hydrogen-bond acceptors (Lipinski definition) is 4. The molecule has 2 aliphatic rings. The number of hydrogen-bond donors (Lipinski definition) is 0. The third-order valence-electron chi connectivity index (χ3n) is 1.54. The summed E-state index contributed by atoms with van der Waals surface area (Å²) in [7, 11) is 0. The Labute approximate surface area is 81.3 Å². The van der Waals surface area contributed by atoms with Crippen LogP contribution in [0.5, 0.6) is 0 Å². The van der Waals surface area contributed by atoms with Crippen molar-refractivity contribution in [3.63, 3.8) is 0 Å². The molecule has 0 fully saturated rings. The van der Waals surface area contributed by atoms with Crippen molar-refractivity contribution in [3.05, 3.63) is 48.6 Å². The van der Waals surface area contributed by atoms with Crippen LogP contribution in [0.2, 0.25) is 0 Å². The fourth-order valence-corrected chi connectivity index (χ4v) is 0.929. The fourth-order valence-electron chi connectivity index (χ4n) is 0.929. The van der Waals surface area contributed by atoms with E-state index in [0.29, 0.717) is 11.4 Å². The van der Waals surface area contributed by atoms with Crippen LogP contribution >= 0.6 is 0 Å². The largest absolute Gasteiger partial charge is 0.470 e. The molecule has 14 heavy (non-hydrogen) atoms. The second-order valence-electron chi connectivity index (χ2n) is 2.49. The van der Waals surface area contributed by atoms with Gasteiger partial charge in [0.15, 0.2) is 0 Å². The molecule has 0 aliphatic carbocycles.